The van der Waals surface area contributed by atoms with Crippen molar-refractivity contribution in [1.29, 1.82) is 0 Å². The Balaban J connectivity index is 0.00000408. The number of pyridine rings is 1. The van der Waals surface area contributed by atoms with Crippen LogP contribution in [0.15, 0.2) is 85.3 Å². The van der Waals surface area contributed by atoms with Crippen LogP contribution in [0.2, 0.25) is 0 Å². The lowest BCUT2D eigenvalue weighted by Gasteiger charge is -2.24. The van der Waals surface area contributed by atoms with Crippen LogP contribution in [0.4, 0.5) is 5.69 Å². The van der Waals surface area contributed by atoms with Crippen LogP contribution in [0.3, 0.4) is 0 Å². The fourth-order valence-electron chi connectivity index (χ4n) is 3.45. The smallest absolute Gasteiger partial charge is 0.210 e. The van der Waals surface area contributed by atoms with Crippen LogP contribution < -0.4 is 4.90 Å². The maximum Gasteiger partial charge on any atom is 0.210 e. The second-order valence-electron chi connectivity index (χ2n) is 7.79. The summed E-state index contributed by atoms with van der Waals surface area (Å²) in [4.78, 5) is 19.1. The van der Waals surface area contributed by atoms with Gasteiger partial charge < -0.3 is 9.64 Å². The zero-order chi connectivity index (χ0) is 23.5. The number of Topliss-reactive ketones (excluding diaryl/α,β-unsaturated/α-hetero) is 1. The van der Waals surface area contributed by atoms with Crippen molar-refractivity contribution in [3.63, 3.8) is 0 Å². The number of ketones is 1. The van der Waals surface area contributed by atoms with E-state index >= 15 is 0 Å². The van der Waals surface area contributed by atoms with Crippen LogP contribution in [0.1, 0.15) is 32.3 Å². The Morgan fingerprint density at radius 2 is 1.82 bits per heavy atom. The summed E-state index contributed by atoms with van der Waals surface area (Å²) in [5, 5.41) is 0. The number of aromatic nitrogens is 1. The van der Waals surface area contributed by atoms with Crippen LogP contribution in [-0.2, 0) is 16.0 Å². The molecule has 0 aliphatic carbocycles. The molecule has 33 heavy (non-hydrogen) atoms. The SMILES string of the molecule is C=C(CCN(CCC)c1ccc(CC(=O)C#Cc2ccc(-c3ccccc3)nc2)cc1)OC.[HH]. The lowest BCUT2D eigenvalue weighted by Crippen LogP contribution is -2.25. The van der Waals surface area contributed by atoms with Gasteiger partial charge in [-0.15, -0.1) is 0 Å². The summed E-state index contributed by atoms with van der Waals surface area (Å²) in [6.45, 7) is 7.87. The summed E-state index contributed by atoms with van der Waals surface area (Å²) in [6.07, 6.45) is 3.83. The highest BCUT2D eigenvalue weighted by molar-refractivity contribution is 5.97. The fraction of sp³-hybridized carbons (Fsp3) is 0.241. The molecule has 0 fully saturated rings. The number of nitrogens with zero attached hydrogens (tertiary/aromatic N) is 2. The van der Waals surface area contributed by atoms with E-state index in [0.29, 0.717) is 0 Å². The molecule has 0 radical (unpaired) electrons. The van der Waals surface area contributed by atoms with Crippen LogP contribution in [-0.4, -0.2) is 31.0 Å². The Morgan fingerprint density at radius 1 is 1.06 bits per heavy atom. The minimum atomic E-state index is -0.114. The number of carbonyl (C=O) groups is 1. The first-order chi connectivity index (χ1) is 16.1. The zero-order valence-electron chi connectivity index (χ0n) is 19.4. The Morgan fingerprint density at radius 3 is 2.45 bits per heavy atom. The quantitative estimate of drug-likeness (QED) is 0.290. The van der Waals surface area contributed by atoms with Crippen molar-refractivity contribution >= 4 is 11.5 Å². The molecule has 0 aliphatic heterocycles. The van der Waals surface area contributed by atoms with Gasteiger partial charge in [0, 0.05) is 50.4 Å². The van der Waals surface area contributed by atoms with Gasteiger partial charge in [0.15, 0.2) is 0 Å². The third-order valence-corrected chi connectivity index (χ3v) is 5.29. The van der Waals surface area contributed by atoms with Gasteiger partial charge in [-0.2, -0.15) is 0 Å². The molecule has 1 heterocycles. The molecule has 4 nitrogen and oxygen atoms in total. The van der Waals surface area contributed by atoms with Gasteiger partial charge in [-0.05, 0) is 42.2 Å². The molecule has 0 bridgehead atoms. The number of ether oxygens (including phenoxy) is 1. The van der Waals surface area contributed by atoms with E-state index in [9.17, 15) is 4.79 Å². The molecule has 3 rings (SSSR count). The van der Waals surface area contributed by atoms with Crippen LogP contribution in [0, 0.1) is 11.8 Å². The second-order valence-corrected chi connectivity index (χ2v) is 7.79. The third kappa shape index (κ3) is 7.36. The van der Waals surface area contributed by atoms with E-state index < -0.39 is 0 Å². The standard InChI is InChI=1S/C29H30N2O2.H2/c1-4-19-31(20-18-23(2)33-3)27-14-10-24(11-15-27)21-28(32)16-12-25-13-17-29(30-22-25)26-8-6-5-7-9-26;/h5-11,13-15,17,22H,2,4,18-21H2,1,3H3;1H. The third-order valence-electron chi connectivity index (χ3n) is 5.29. The van der Waals surface area contributed by atoms with Gasteiger partial charge in [0.05, 0.1) is 18.6 Å². The topological polar surface area (TPSA) is 42.4 Å². The van der Waals surface area contributed by atoms with E-state index in [-0.39, 0.29) is 13.6 Å². The number of rotatable bonds is 10. The van der Waals surface area contributed by atoms with Crippen molar-refractivity contribution in [3.05, 3.63) is 96.4 Å². The van der Waals surface area contributed by atoms with E-state index in [1.807, 2.05) is 54.6 Å². The Labute approximate surface area is 198 Å². The summed E-state index contributed by atoms with van der Waals surface area (Å²) in [5.41, 5.74) is 4.75. The van der Waals surface area contributed by atoms with Crippen LogP contribution >= 0.6 is 0 Å². The van der Waals surface area contributed by atoms with Crippen molar-refractivity contribution in [2.24, 2.45) is 0 Å². The first-order valence-electron chi connectivity index (χ1n) is 11.2. The van der Waals surface area contributed by atoms with Crippen molar-refractivity contribution in [2.45, 2.75) is 26.2 Å². The van der Waals surface area contributed by atoms with Gasteiger partial charge in [-0.3, -0.25) is 9.78 Å². The average molecular weight is 441 g/mol. The Bertz CT molecular complexity index is 1110. The number of hydrogen-bond acceptors (Lipinski definition) is 4. The van der Waals surface area contributed by atoms with Crippen LogP contribution in [0.5, 0.6) is 0 Å². The molecular formula is C29H32N2O2. The predicted molar refractivity (Wildman–Crippen MR) is 137 cm³/mol. The highest BCUT2D eigenvalue weighted by atomic mass is 16.5. The molecular weight excluding hydrogens is 408 g/mol. The molecule has 3 aromatic rings. The van der Waals surface area contributed by atoms with Gasteiger partial charge in [0.25, 0.3) is 0 Å². The highest BCUT2D eigenvalue weighted by Gasteiger charge is 2.08. The summed E-state index contributed by atoms with van der Waals surface area (Å²) in [5.74, 6) is 6.34. The molecule has 0 amide bonds. The number of anilines is 1. The van der Waals surface area contributed by atoms with Crippen LogP contribution in [0.25, 0.3) is 11.3 Å². The largest absolute Gasteiger partial charge is 0.502 e. The summed E-state index contributed by atoms with van der Waals surface area (Å²) in [6, 6.07) is 21.9. The Hall–Kier alpha value is -3.84. The molecule has 0 aliphatic rings. The van der Waals surface area contributed by atoms with Crippen molar-refractivity contribution in [3.8, 4) is 23.1 Å². The van der Waals surface area contributed by atoms with Crippen molar-refractivity contribution in [1.82, 2.24) is 4.98 Å². The number of benzene rings is 2. The average Bonchev–Trinajstić information content (AvgIpc) is 2.86. The maximum absolute atomic E-state index is 12.4. The summed E-state index contributed by atoms with van der Waals surface area (Å²) < 4.78 is 5.18. The molecule has 0 unspecified atom stereocenters. The second kappa shape index (κ2) is 12.3. The van der Waals surface area contributed by atoms with E-state index in [2.05, 4.69) is 47.4 Å². The zero-order valence-corrected chi connectivity index (χ0v) is 19.4. The Kier molecular flexibility index (Phi) is 8.85. The molecule has 0 saturated carbocycles. The van der Waals surface area contributed by atoms with Crippen molar-refractivity contribution < 1.29 is 11.0 Å². The molecule has 0 saturated heterocycles. The van der Waals surface area contributed by atoms with Gasteiger partial charge in [0.1, 0.15) is 0 Å². The first-order valence-corrected chi connectivity index (χ1v) is 11.2. The lowest BCUT2D eigenvalue weighted by molar-refractivity contribution is -0.113. The van der Waals surface area contributed by atoms with E-state index in [1.165, 1.54) is 0 Å². The minimum absolute atomic E-state index is 0. The number of methoxy groups -OCH3 is 1. The normalized spacial score (nSPS) is 10.1. The van der Waals surface area contributed by atoms with E-state index in [0.717, 1.165) is 59.8 Å². The number of carbonyl (C=O) groups excluding carboxylic acids is 1. The van der Waals surface area contributed by atoms with E-state index in [1.54, 1.807) is 13.3 Å². The van der Waals surface area contributed by atoms with Gasteiger partial charge in [0.2, 0.25) is 5.78 Å². The van der Waals surface area contributed by atoms with Gasteiger partial charge in [-0.1, -0.05) is 61.9 Å². The predicted octanol–water partition coefficient (Wildman–Crippen LogP) is 5.92. The van der Waals surface area contributed by atoms with Crippen molar-refractivity contribution in [2.75, 3.05) is 25.1 Å². The molecule has 0 spiro atoms. The number of hydrogen-bond donors (Lipinski definition) is 0. The molecule has 1 aromatic heterocycles. The first kappa shape index (κ1) is 23.8. The maximum atomic E-state index is 12.4. The summed E-state index contributed by atoms with van der Waals surface area (Å²) >= 11 is 0. The molecule has 0 atom stereocenters. The monoisotopic (exact) mass is 440 g/mol. The fourth-order valence-corrected chi connectivity index (χ4v) is 3.45. The summed E-state index contributed by atoms with van der Waals surface area (Å²) in [7, 11) is 1.65. The molecule has 2 aromatic carbocycles. The van der Waals surface area contributed by atoms with Gasteiger partial charge in [-0.25, -0.2) is 0 Å². The van der Waals surface area contributed by atoms with E-state index in [4.69, 9.17) is 4.74 Å². The molecule has 170 valence electrons. The van der Waals surface area contributed by atoms with Gasteiger partial charge >= 0.3 is 0 Å². The minimum Gasteiger partial charge on any atom is -0.502 e. The lowest BCUT2D eigenvalue weighted by atomic mass is 10.1. The molecule has 0 N–H and O–H groups in total. The molecule has 4 heteroatoms. The highest BCUT2D eigenvalue weighted by Crippen LogP contribution is 2.18.